The average molecular weight is 359 g/mol. The zero-order valence-electron chi connectivity index (χ0n) is 16.2. The highest BCUT2D eigenvalue weighted by atomic mass is 16.5. The van der Waals surface area contributed by atoms with Crippen molar-refractivity contribution >= 4 is 0 Å². The van der Waals surface area contributed by atoms with Crippen molar-refractivity contribution in [2.24, 2.45) is 0 Å². The Balaban J connectivity index is 2.09. The van der Waals surface area contributed by atoms with E-state index in [1.54, 1.807) is 21.3 Å². The molecule has 0 spiro atoms. The Hall–Kier alpha value is -2.24. The first-order chi connectivity index (χ1) is 12.5. The molecule has 0 radical (unpaired) electrons. The van der Waals surface area contributed by atoms with Gasteiger partial charge in [-0.05, 0) is 43.7 Å². The van der Waals surface area contributed by atoms with E-state index in [0.717, 1.165) is 12.0 Å². The first kappa shape index (κ1) is 20.1. The highest BCUT2D eigenvalue weighted by molar-refractivity contribution is 5.53. The summed E-state index contributed by atoms with van der Waals surface area (Å²) >= 11 is 0. The zero-order chi connectivity index (χ0) is 19.1. The maximum Gasteiger partial charge on any atom is 0.203 e. The predicted octanol–water partition coefficient (Wildman–Crippen LogP) is 3.14. The number of aliphatic hydroxyl groups excluding tert-OH is 1. The van der Waals surface area contributed by atoms with Crippen LogP contribution in [0.15, 0.2) is 42.5 Å². The van der Waals surface area contributed by atoms with Crippen molar-refractivity contribution in [2.45, 2.75) is 32.0 Å². The number of methoxy groups -OCH3 is 3. The van der Waals surface area contributed by atoms with Gasteiger partial charge in [-0.2, -0.15) is 0 Å². The van der Waals surface area contributed by atoms with Crippen LogP contribution in [0.5, 0.6) is 17.2 Å². The number of rotatable bonds is 9. The van der Waals surface area contributed by atoms with E-state index < -0.39 is 6.23 Å². The molecule has 2 atom stereocenters. The lowest BCUT2D eigenvalue weighted by atomic mass is 10.0. The van der Waals surface area contributed by atoms with E-state index in [1.165, 1.54) is 5.56 Å². The molecule has 0 amide bonds. The zero-order valence-corrected chi connectivity index (χ0v) is 16.2. The van der Waals surface area contributed by atoms with Crippen molar-refractivity contribution in [1.82, 2.24) is 4.90 Å². The fraction of sp³-hybridized carbons (Fsp3) is 0.429. The van der Waals surface area contributed by atoms with Crippen LogP contribution >= 0.6 is 0 Å². The van der Waals surface area contributed by atoms with Crippen LogP contribution in [0.3, 0.4) is 0 Å². The molecule has 0 bridgehead atoms. The molecule has 2 rings (SSSR count). The molecule has 0 aliphatic heterocycles. The Labute approximate surface area is 156 Å². The number of benzene rings is 2. The van der Waals surface area contributed by atoms with Crippen LogP contribution in [0.25, 0.3) is 0 Å². The maximum atomic E-state index is 10.7. The van der Waals surface area contributed by atoms with Gasteiger partial charge >= 0.3 is 0 Å². The first-order valence-electron chi connectivity index (χ1n) is 8.73. The lowest BCUT2D eigenvalue weighted by Gasteiger charge is -2.30. The van der Waals surface area contributed by atoms with Gasteiger partial charge in [-0.1, -0.05) is 30.3 Å². The summed E-state index contributed by atoms with van der Waals surface area (Å²) in [6.07, 6.45) is 0.729. The van der Waals surface area contributed by atoms with Crippen LogP contribution < -0.4 is 14.2 Å². The Morgan fingerprint density at radius 3 is 1.96 bits per heavy atom. The molecule has 0 saturated carbocycles. The second kappa shape index (κ2) is 9.46. The largest absolute Gasteiger partial charge is 0.493 e. The summed E-state index contributed by atoms with van der Waals surface area (Å²) in [4.78, 5) is 1.98. The molecular formula is C21H29NO4. The molecule has 5 heteroatoms. The van der Waals surface area contributed by atoms with Crippen LogP contribution in [0, 0.1) is 0 Å². The Morgan fingerprint density at radius 2 is 1.46 bits per heavy atom. The van der Waals surface area contributed by atoms with Crippen LogP contribution in [0.1, 0.15) is 18.1 Å². The molecule has 0 aromatic heterocycles. The van der Waals surface area contributed by atoms with E-state index in [1.807, 2.05) is 42.3 Å². The molecule has 0 saturated heterocycles. The summed E-state index contributed by atoms with van der Waals surface area (Å²) in [6.45, 7) is 2.12. The average Bonchev–Trinajstić information content (AvgIpc) is 2.67. The summed E-state index contributed by atoms with van der Waals surface area (Å²) in [5.41, 5.74) is 2.18. The third-order valence-corrected chi connectivity index (χ3v) is 4.68. The minimum Gasteiger partial charge on any atom is -0.493 e. The molecule has 2 unspecified atom stereocenters. The third kappa shape index (κ3) is 4.90. The van der Waals surface area contributed by atoms with Crippen LogP contribution in [0.2, 0.25) is 0 Å². The summed E-state index contributed by atoms with van der Waals surface area (Å²) in [5.74, 6) is 1.74. The molecule has 26 heavy (non-hydrogen) atoms. The van der Waals surface area contributed by atoms with Crippen molar-refractivity contribution in [2.75, 3.05) is 28.4 Å². The van der Waals surface area contributed by atoms with Crippen molar-refractivity contribution in [3.63, 3.8) is 0 Å². The topological polar surface area (TPSA) is 51.2 Å². The second-order valence-electron chi connectivity index (χ2n) is 6.42. The van der Waals surface area contributed by atoms with E-state index in [-0.39, 0.29) is 6.04 Å². The van der Waals surface area contributed by atoms with E-state index in [2.05, 4.69) is 19.1 Å². The predicted molar refractivity (Wildman–Crippen MR) is 103 cm³/mol. The standard InChI is InChI=1S/C21H29NO4/c1-15(11-16-9-7-6-8-10-16)22(2)20(23)14-17-12-18(24-3)21(26-5)19(13-17)25-4/h6-10,12-13,15,20,23H,11,14H2,1-5H3. The molecular weight excluding hydrogens is 330 g/mol. The van der Waals surface area contributed by atoms with Gasteiger partial charge in [0, 0.05) is 12.5 Å². The lowest BCUT2D eigenvalue weighted by molar-refractivity contribution is -0.000712. The van der Waals surface area contributed by atoms with Gasteiger partial charge in [-0.15, -0.1) is 0 Å². The number of nitrogens with zero attached hydrogens (tertiary/aromatic N) is 1. The van der Waals surface area contributed by atoms with Crippen molar-refractivity contribution in [3.8, 4) is 17.2 Å². The fourth-order valence-electron chi connectivity index (χ4n) is 3.00. The van der Waals surface area contributed by atoms with Gasteiger partial charge in [0.25, 0.3) is 0 Å². The molecule has 0 fully saturated rings. The number of aliphatic hydroxyl groups is 1. The van der Waals surface area contributed by atoms with Gasteiger partial charge in [-0.25, -0.2) is 0 Å². The first-order valence-corrected chi connectivity index (χ1v) is 8.73. The van der Waals surface area contributed by atoms with Gasteiger partial charge < -0.3 is 19.3 Å². The van der Waals surface area contributed by atoms with Gasteiger partial charge in [0.05, 0.1) is 21.3 Å². The minimum atomic E-state index is -0.614. The number of ether oxygens (including phenoxy) is 3. The lowest BCUT2D eigenvalue weighted by Crippen LogP contribution is -2.41. The normalized spacial score (nSPS) is 13.3. The monoisotopic (exact) mass is 359 g/mol. The van der Waals surface area contributed by atoms with Gasteiger partial charge in [0.15, 0.2) is 11.5 Å². The van der Waals surface area contributed by atoms with Gasteiger partial charge in [-0.3, -0.25) is 4.90 Å². The number of hydrogen-bond donors (Lipinski definition) is 1. The smallest absolute Gasteiger partial charge is 0.203 e. The molecule has 2 aromatic carbocycles. The second-order valence-corrected chi connectivity index (χ2v) is 6.42. The van der Waals surface area contributed by atoms with E-state index >= 15 is 0 Å². The summed E-state index contributed by atoms with van der Waals surface area (Å²) < 4.78 is 16.1. The molecule has 0 heterocycles. The summed E-state index contributed by atoms with van der Waals surface area (Å²) in [7, 11) is 6.70. The number of likely N-dealkylation sites (N-methyl/N-ethyl adjacent to an activating group) is 1. The molecule has 1 N–H and O–H groups in total. The van der Waals surface area contributed by atoms with E-state index in [9.17, 15) is 5.11 Å². The molecule has 0 aliphatic carbocycles. The van der Waals surface area contributed by atoms with Crippen LogP contribution in [-0.2, 0) is 12.8 Å². The van der Waals surface area contributed by atoms with Crippen molar-refractivity contribution in [1.29, 1.82) is 0 Å². The highest BCUT2D eigenvalue weighted by Crippen LogP contribution is 2.38. The summed E-state index contributed by atoms with van der Waals surface area (Å²) in [5, 5.41) is 10.7. The van der Waals surface area contributed by atoms with Crippen molar-refractivity contribution in [3.05, 3.63) is 53.6 Å². The van der Waals surface area contributed by atoms with Crippen molar-refractivity contribution < 1.29 is 19.3 Å². The Morgan fingerprint density at radius 1 is 0.885 bits per heavy atom. The SMILES string of the molecule is COc1cc(CC(O)N(C)C(C)Cc2ccccc2)cc(OC)c1OC. The highest BCUT2D eigenvalue weighted by Gasteiger charge is 2.20. The van der Waals surface area contributed by atoms with E-state index in [0.29, 0.717) is 23.7 Å². The maximum absolute atomic E-state index is 10.7. The van der Waals surface area contributed by atoms with Gasteiger partial charge in [0.2, 0.25) is 5.75 Å². The minimum absolute atomic E-state index is 0.203. The Kier molecular flexibility index (Phi) is 7.30. The molecule has 142 valence electrons. The van der Waals surface area contributed by atoms with E-state index in [4.69, 9.17) is 14.2 Å². The molecule has 0 aliphatic rings. The number of hydrogen-bond acceptors (Lipinski definition) is 5. The van der Waals surface area contributed by atoms with Gasteiger partial charge in [0.1, 0.15) is 6.23 Å². The molecule has 2 aromatic rings. The van der Waals surface area contributed by atoms with Crippen LogP contribution in [0.4, 0.5) is 0 Å². The molecule has 5 nitrogen and oxygen atoms in total. The quantitative estimate of drug-likeness (QED) is 0.697. The third-order valence-electron chi connectivity index (χ3n) is 4.68. The fourth-order valence-corrected chi connectivity index (χ4v) is 3.00. The Bertz CT molecular complexity index is 665. The summed E-state index contributed by atoms with van der Waals surface area (Å²) in [6, 6.07) is 14.3. The van der Waals surface area contributed by atoms with Crippen LogP contribution in [-0.4, -0.2) is 50.7 Å².